The molecule has 0 bridgehead atoms. The van der Waals surface area contributed by atoms with E-state index in [4.69, 9.17) is 0 Å². The summed E-state index contributed by atoms with van der Waals surface area (Å²) in [5.41, 5.74) is 4.46. The Kier molecular flexibility index (Phi) is 3.54. The molecular formula is C19H17N3O2. The lowest BCUT2D eigenvalue weighted by molar-refractivity contribution is 0.0697. The van der Waals surface area contributed by atoms with Crippen LogP contribution in [0.25, 0.3) is 5.69 Å². The van der Waals surface area contributed by atoms with Crippen LogP contribution in [-0.2, 0) is 13.0 Å². The molecule has 0 amide bonds. The van der Waals surface area contributed by atoms with E-state index in [0.29, 0.717) is 5.69 Å². The van der Waals surface area contributed by atoms with Gasteiger partial charge in [-0.15, -0.1) is 0 Å². The van der Waals surface area contributed by atoms with Gasteiger partial charge in [0, 0.05) is 18.4 Å². The lowest BCUT2D eigenvalue weighted by Crippen LogP contribution is -2.19. The molecule has 0 atom stereocenters. The number of para-hydroxylation sites is 2. The fourth-order valence-electron chi connectivity index (χ4n) is 3.22. The molecule has 5 nitrogen and oxygen atoms in total. The highest BCUT2D eigenvalue weighted by atomic mass is 16.4. The molecule has 0 radical (unpaired) electrons. The van der Waals surface area contributed by atoms with Crippen LogP contribution in [0.3, 0.4) is 0 Å². The minimum absolute atomic E-state index is 0.271. The Hall–Kier alpha value is -3.08. The summed E-state index contributed by atoms with van der Waals surface area (Å²) in [5.74, 6) is -0.936. The molecule has 0 aliphatic carbocycles. The van der Waals surface area contributed by atoms with Crippen LogP contribution in [0.5, 0.6) is 0 Å². The Morgan fingerprint density at radius 1 is 1.08 bits per heavy atom. The van der Waals surface area contributed by atoms with Gasteiger partial charge in [0.05, 0.1) is 29.8 Å². The van der Waals surface area contributed by atoms with Crippen LogP contribution in [0.1, 0.15) is 21.6 Å². The molecule has 1 N–H and O–H groups in total. The van der Waals surface area contributed by atoms with Gasteiger partial charge in [-0.05, 0) is 30.2 Å². The van der Waals surface area contributed by atoms with Crippen molar-refractivity contribution >= 4 is 11.7 Å². The quantitative estimate of drug-likeness (QED) is 0.802. The van der Waals surface area contributed by atoms with Crippen molar-refractivity contribution in [1.82, 2.24) is 9.55 Å². The van der Waals surface area contributed by atoms with Crippen LogP contribution in [0.15, 0.2) is 61.1 Å². The molecule has 2 aromatic carbocycles. The lowest BCUT2D eigenvalue weighted by Gasteiger charge is -2.17. The number of imidazole rings is 1. The van der Waals surface area contributed by atoms with Crippen LogP contribution in [0.4, 0.5) is 5.69 Å². The molecule has 120 valence electrons. The number of hydrogen-bond donors (Lipinski definition) is 1. The van der Waals surface area contributed by atoms with Crippen LogP contribution in [0, 0.1) is 0 Å². The molecule has 4 rings (SSSR count). The number of hydrogen-bond acceptors (Lipinski definition) is 3. The minimum atomic E-state index is -0.936. The van der Waals surface area contributed by atoms with E-state index in [0.717, 1.165) is 25.2 Å². The number of benzene rings is 2. The largest absolute Gasteiger partial charge is 0.478 e. The molecular weight excluding hydrogens is 302 g/mol. The molecule has 1 aromatic heterocycles. The highest BCUT2D eigenvalue weighted by Gasteiger charge is 2.19. The number of nitrogens with zero attached hydrogens (tertiary/aromatic N) is 3. The Balaban J connectivity index is 1.60. The van der Waals surface area contributed by atoms with Crippen molar-refractivity contribution in [2.24, 2.45) is 0 Å². The van der Waals surface area contributed by atoms with Crippen molar-refractivity contribution in [3.05, 3.63) is 77.9 Å². The second-order valence-electron chi connectivity index (χ2n) is 5.89. The SMILES string of the molecule is O=C(O)c1ccccc1-n1cnc(CN2CCc3ccccc32)c1. The van der Waals surface area contributed by atoms with E-state index in [9.17, 15) is 9.90 Å². The first kappa shape index (κ1) is 14.5. The second kappa shape index (κ2) is 5.85. The number of carboxylic acids is 1. The van der Waals surface area contributed by atoms with Gasteiger partial charge < -0.3 is 14.6 Å². The van der Waals surface area contributed by atoms with Crippen LogP contribution in [-0.4, -0.2) is 27.2 Å². The third-order valence-electron chi connectivity index (χ3n) is 4.38. The second-order valence-corrected chi connectivity index (χ2v) is 5.89. The fraction of sp³-hybridized carbons (Fsp3) is 0.158. The highest BCUT2D eigenvalue weighted by Crippen LogP contribution is 2.28. The summed E-state index contributed by atoms with van der Waals surface area (Å²) < 4.78 is 1.78. The Bertz CT molecular complexity index is 901. The molecule has 0 unspecified atom stereocenters. The molecule has 0 spiro atoms. The summed E-state index contributed by atoms with van der Waals surface area (Å²) in [6.45, 7) is 1.71. The zero-order chi connectivity index (χ0) is 16.5. The molecule has 0 saturated carbocycles. The van der Waals surface area contributed by atoms with Gasteiger partial charge in [0.2, 0.25) is 0 Å². The van der Waals surface area contributed by atoms with E-state index in [1.165, 1.54) is 11.3 Å². The van der Waals surface area contributed by atoms with E-state index < -0.39 is 5.97 Å². The molecule has 2 heterocycles. The summed E-state index contributed by atoms with van der Waals surface area (Å²) in [7, 11) is 0. The Labute approximate surface area is 139 Å². The van der Waals surface area contributed by atoms with Crippen molar-refractivity contribution in [3.8, 4) is 5.69 Å². The zero-order valence-corrected chi connectivity index (χ0v) is 13.1. The number of fused-ring (bicyclic) bond motifs is 1. The smallest absolute Gasteiger partial charge is 0.337 e. The predicted molar refractivity (Wildman–Crippen MR) is 91.7 cm³/mol. The van der Waals surface area contributed by atoms with Gasteiger partial charge in [-0.25, -0.2) is 9.78 Å². The van der Waals surface area contributed by atoms with Crippen molar-refractivity contribution in [3.63, 3.8) is 0 Å². The average molecular weight is 319 g/mol. The third kappa shape index (κ3) is 2.54. The van der Waals surface area contributed by atoms with Gasteiger partial charge in [-0.1, -0.05) is 30.3 Å². The number of aromatic nitrogens is 2. The standard InChI is InChI=1S/C19H17N3O2/c23-19(24)16-6-2-4-8-18(16)22-12-15(20-13-22)11-21-10-9-14-5-1-3-7-17(14)21/h1-8,12-13H,9-11H2,(H,23,24). The van der Waals surface area contributed by atoms with Gasteiger partial charge in [0.1, 0.15) is 0 Å². The summed E-state index contributed by atoms with van der Waals surface area (Å²) in [6.07, 6.45) is 4.64. The molecule has 5 heteroatoms. The number of carbonyl (C=O) groups is 1. The zero-order valence-electron chi connectivity index (χ0n) is 13.1. The number of anilines is 1. The number of carboxylic acid groups (broad SMARTS) is 1. The van der Waals surface area contributed by atoms with E-state index >= 15 is 0 Å². The highest BCUT2D eigenvalue weighted by molar-refractivity contribution is 5.91. The molecule has 24 heavy (non-hydrogen) atoms. The Morgan fingerprint density at radius 2 is 1.83 bits per heavy atom. The topological polar surface area (TPSA) is 58.4 Å². The summed E-state index contributed by atoms with van der Waals surface area (Å²) in [4.78, 5) is 18.1. The van der Waals surface area contributed by atoms with Gasteiger partial charge >= 0.3 is 5.97 Å². The fourth-order valence-corrected chi connectivity index (χ4v) is 3.22. The summed E-state index contributed by atoms with van der Waals surface area (Å²) in [5, 5.41) is 9.33. The normalized spacial score (nSPS) is 13.1. The van der Waals surface area contributed by atoms with Crippen molar-refractivity contribution in [2.45, 2.75) is 13.0 Å². The van der Waals surface area contributed by atoms with Crippen LogP contribution in [0.2, 0.25) is 0 Å². The van der Waals surface area contributed by atoms with E-state index in [2.05, 4.69) is 34.1 Å². The third-order valence-corrected chi connectivity index (χ3v) is 4.38. The average Bonchev–Trinajstić information content (AvgIpc) is 3.23. The maximum atomic E-state index is 11.4. The number of rotatable bonds is 4. The van der Waals surface area contributed by atoms with Crippen LogP contribution >= 0.6 is 0 Å². The summed E-state index contributed by atoms with van der Waals surface area (Å²) >= 11 is 0. The van der Waals surface area contributed by atoms with E-state index in [-0.39, 0.29) is 5.56 Å². The predicted octanol–water partition coefficient (Wildman–Crippen LogP) is 3.13. The van der Waals surface area contributed by atoms with Crippen molar-refractivity contribution in [2.75, 3.05) is 11.4 Å². The first-order valence-electron chi connectivity index (χ1n) is 7.91. The minimum Gasteiger partial charge on any atom is -0.478 e. The first-order valence-corrected chi connectivity index (χ1v) is 7.91. The van der Waals surface area contributed by atoms with Gasteiger partial charge in [0.15, 0.2) is 0 Å². The van der Waals surface area contributed by atoms with Crippen molar-refractivity contribution < 1.29 is 9.90 Å². The molecule has 0 saturated heterocycles. The van der Waals surface area contributed by atoms with Gasteiger partial charge in [-0.3, -0.25) is 0 Å². The maximum Gasteiger partial charge on any atom is 0.337 e. The first-order chi connectivity index (χ1) is 11.7. The van der Waals surface area contributed by atoms with E-state index in [1.54, 1.807) is 29.1 Å². The molecule has 3 aromatic rings. The Morgan fingerprint density at radius 3 is 2.67 bits per heavy atom. The van der Waals surface area contributed by atoms with Gasteiger partial charge in [0.25, 0.3) is 0 Å². The van der Waals surface area contributed by atoms with E-state index in [1.807, 2.05) is 12.3 Å². The van der Waals surface area contributed by atoms with Gasteiger partial charge in [-0.2, -0.15) is 0 Å². The van der Waals surface area contributed by atoms with Crippen LogP contribution < -0.4 is 4.90 Å². The molecule has 1 aliphatic heterocycles. The molecule has 0 fully saturated rings. The number of aromatic carboxylic acids is 1. The lowest BCUT2D eigenvalue weighted by atomic mass is 10.2. The maximum absolute atomic E-state index is 11.4. The van der Waals surface area contributed by atoms with Crippen molar-refractivity contribution in [1.29, 1.82) is 0 Å². The summed E-state index contributed by atoms with van der Waals surface area (Å²) in [6, 6.07) is 15.4. The molecule has 1 aliphatic rings. The monoisotopic (exact) mass is 319 g/mol.